The second kappa shape index (κ2) is 5.97. The highest BCUT2D eigenvalue weighted by atomic mass is 19.1. The highest BCUT2D eigenvalue weighted by molar-refractivity contribution is 5.76. The molecule has 0 unspecified atom stereocenters. The number of para-hydroxylation sites is 2. The number of carbonyl (C=O) groups excluding carboxylic acids is 1. The minimum Gasteiger partial charge on any atom is -0.466 e. The molecular weight excluding hydrogens is 285 g/mol. The first-order valence-corrected chi connectivity index (χ1v) is 6.97. The molecule has 0 spiro atoms. The van der Waals surface area contributed by atoms with Crippen molar-refractivity contribution in [2.24, 2.45) is 0 Å². The van der Waals surface area contributed by atoms with Gasteiger partial charge in [-0.2, -0.15) is 0 Å². The van der Waals surface area contributed by atoms with Crippen LogP contribution in [-0.4, -0.2) is 17.6 Å². The minimum atomic E-state index is -0.479. The first-order valence-electron chi connectivity index (χ1n) is 6.97. The Morgan fingerprint density at radius 1 is 1.27 bits per heavy atom. The molecule has 0 saturated heterocycles. The number of ether oxygens (including phenoxy) is 1. The summed E-state index contributed by atoms with van der Waals surface area (Å²) in [6, 6.07) is 11.9. The Morgan fingerprint density at radius 3 is 2.82 bits per heavy atom. The summed E-state index contributed by atoms with van der Waals surface area (Å²) in [4.78, 5) is 15.7. The van der Waals surface area contributed by atoms with E-state index in [4.69, 9.17) is 9.15 Å². The predicted molar refractivity (Wildman–Crippen MR) is 79.7 cm³/mol. The molecule has 3 rings (SSSR count). The highest BCUT2D eigenvalue weighted by Crippen LogP contribution is 2.25. The number of benzene rings is 2. The average molecular weight is 299 g/mol. The van der Waals surface area contributed by atoms with E-state index in [2.05, 4.69) is 4.98 Å². The number of hydrogen-bond acceptors (Lipinski definition) is 4. The summed E-state index contributed by atoms with van der Waals surface area (Å²) in [7, 11) is 0. The fraction of sp³-hybridized carbons (Fsp3) is 0.176. The van der Waals surface area contributed by atoms with Gasteiger partial charge in [0.1, 0.15) is 11.3 Å². The minimum absolute atomic E-state index is 0.0898. The smallest absolute Gasteiger partial charge is 0.310 e. The Balaban J connectivity index is 1.89. The first kappa shape index (κ1) is 14.3. The summed E-state index contributed by atoms with van der Waals surface area (Å²) in [6.45, 7) is 1.99. The molecule has 0 bridgehead atoms. The molecule has 0 aliphatic carbocycles. The second-order valence-electron chi connectivity index (χ2n) is 4.77. The molecule has 0 saturated carbocycles. The lowest BCUT2D eigenvalue weighted by molar-refractivity contribution is -0.142. The van der Waals surface area contributed by atoms with Gasteiger partial charge in [-0.05, 0) is 36.8 Å². The highest BCUT2D eigenvalue weighted by Gasteiger charge is 2.13. The molecule has 0 N–H and O–H groups in total. The number of nitrogens with zero attached hydrogens (tertiary/aromatic N) is 1. The summed E-state index contributed by atoms with van der Waals surface area (Å²) in [6.07, 6.45) is -0.0898. The van der Waals surface area contributed by atoms with Gasteiger partial charge >= 0.3 is 5.97 Å². The largest absolute Gasteiger partial charge is 0.466 e. The molecule has 1 heterocycles. The number of halogens is 1. The molecule has 0 fully saturated rings. The summed E-state index contributed by atoms with van der Waals surface area (Å²) < 4.78 is 24.5. The zero-order valence-electron chi connectivity index (χ0n) is 12.0. The fourth-order valence-corrected chi connectivity index (χ4v) is 2.19. The number of esters is 1. The van der Waals surface area contributed by atoms with Crippen LogP contribution in [0.1, 0.15) is 12.5 Å². The van der Waals surface area contributed by atoms with Crippen LogP contribution >= 0.6 is 0 Å². The Morgan fingerprint density at radius 2 is 2.09 bits per heavy atom. The van der Waals surface area contributed by atoms with Crippen molar-refractivity contribution in [1.29, 1.82) is 0 Å². The topological polar surface area (TPSA) is 52.3 Å². The molecule has 0 amide bonds. The first-order chi connectivity index (χ1) is 10.7. The van der Waals surface area contributed by atoms with E-state index in [1.54, 1.807) is 25.1 Å². The molecule has 0 aliphatic heterocycles. The molecule has 3 aromatic rings. The molecule has 0 atom stereocenters. The van der Waals surface area contributed by atoms with E-state index in [1.807, 2.05) is 18.2 Å². The molecule has 112 valence electrons. The van der Waals surface area contributed by atoms with Crippen LogP contribution in [0.25, 0.3) is 22.6 Å². The Labute approximate surface area is 126 Å². The third kappa shape index (κ3) is 2.83. The van der Waals surface area contributed by atoms with Crippen LogP contribution in [0.4, 0.5) is 4.39 Å². The van der Waals surface area contributed by atoms with Gasteiger partial charge in [0.2, 0.25) is 5.89 Å². The number of rotatable bonds is 4. The van der Waals surface area contributed by atoms with Gasteiger partial charge in [0.25, 0.3) is 0 Å². The summed E-state index contributed by atoms with van der Waals surface area (Å²) in [5.41, 5.74) is 2.18. The Kier molecular flexibility index (Phi) is 3.87. The maximum Gasteiger partial charge on any atom is 0.310 e. The summed E-state index contributed by atoms with van der Waals surface area (Å²) >= 11 is 0. The van der Waals surface area contributed by atoms with Gasteiger partial charge in [0.05, 0.1) is 13.0 Å². The van der Waals surface area contributed by atoms with Gasteiger partial charge in [0, 0.05) is 5.56 Å². The van der Waals surface area contributed by atoms with Crippen molar-refractivity contribution in [2.75, 3.05) is 6.61 Å². The van der Waals surface area contributed by atoms with Crippen LogP contribution in [0.3, 0.4) is 0 Å². The van der Waals surface area contributed by atoms with Crippen molar-refractivity contribution in [2.45, 2.75) is 13.3 Å². The van der Waals surface area contributed by atoms with Gasteiger partial charge < -0.3 is 9.15 Å². The summed E-state index contributed by atoms with van der Waals surface area (Å²) in [5.74, 6) is -0.577. The number of oxazole rings is 1. The van der Waals surface area contributed by atoms with Gasteiger partial charge in [-0.1, -0.05) is 18.2 Å². The predicted octanol–water partition coefficient (Wildman–Crippen LogP) is 3.74. The third-order valence-corrected chi connectivity index (χ3v) is 3.23. The van der Waals surface area contributed by atoms with E-state index in [0.29, 0.717) is 28.1 Å². The monoisotopic (exact) mass is 299 g/mol. The third-order valence-electron chi connectivity index (χ3n) is 3.23. The van der Waals surface area contributed by atoms with Crippen molar-refractivity contribution < 1.29 is 18.3 Å². The molecule has 1 aromatic heterocycles. The molecular formula is C17H14FNO3. The lowest BCUT2D eigenvalue weighted by Gasteiger charge is -2.04. The number of carbonyl (C=O) groups is 1. The maximum atomic E-state index is 14.1. The fourth-order valence-electron chi connectivity index (χ4n) is 2.19. The Hall–Kier alpha value is -2.69. The molecule has 0 radical (unpaired) electrons. The van der Waals surface area contributed by atoms with E-state index in [9.17, 15) is 9.18 Å². The maximum absolute atomic E-state index is 14.1. The number of fused-ring (bicyclic) bond motifs is 1. The van der Waals surface area contributed by atoms with Crippen molar-refractivity contribution in [3.63, 3.8) is 0 Å². The van der Waals surface area contributed by atoms with Crippen LogP contribution in [-0.2, 0) is 16.0 Å². The lowest BCUT2D eigenvalue weighted by atomic mass is 10.1. The standard InChI is InChI=1S/C17H14FNO3/c1-2-21-16(20)10-11-7-8-12(9-13(11)18)17-19-14-5-3-4-6-15(14)22-17/h3-9H,2,10H2,1H3. The Bertz CT molecular complexity index is 793. The van der Waals surface area contributed by atoms with Crippen LogP contribution in [0.2, 0.25) is 0 Å². The lowest BCUT2D eigenvalue weighted by Crippen LogP contribution is -2.08. The average Bonchev–Trinajstić information content (AvgIpc) is 2.93. The van der Waals surface area contributed by atoms with Crippen molar-refractivity contribution in [3.8, 4) is 11.5 Å². The zero-order valence-corrected chi connectivity index (χ0v) is 12.0. The van der Waals surface area contributed by atoms with E-state index >= 15 is 0 Å². The van der Waals surface area contributed by atoms with Crippen molar-refractivity contribution in [1.82, 2.24) is 4.98 Å². The molecule has 5 heteroatoms. The van der Waals surface area contributed by atoms with E-state index in [-0.39, 0.29) is 13.0 Å². The number of aromatic nitrogens is 1. The van der Waals surface area contributed by atoms with E-state index < -0.39 is 11.8 Å². The van der Waals surface area contributed by atoms with E-state index in [1.165, 1.54) is 6.07 Å². The molecule has 22 heavy (non-hydrogen) atoms. The summed E-state index contributed by atoms with van der Waals surface area (Å²) in [5, 5.41) is 0. The normalized spacial score (nSPS) is 10.8. The van der Waals surface area contributed by atoms with Crippen LogP contribution < -0.4 is 0 Å². The molecule has 0 aliphatic rings. The van der Waals surface area contributed by atoms with Gasteiger partial charge in [-0.25, -0.2) is 9.37 Å². The van der Waals surface area contributed by atoms with Gasteiger partial charge in [-0.3, -0.25) is 4.79 Å². The van der Waals surface area contributed by atoms with Crippen LogP contribution in [0.5, 0.6) is 0 Å². The van der Waals surface area contributed by atoms with Gasteiger partial charge in [0.15, 0.2) is 5.58 Å². The van der Waals surface area contributed by atoms with Crippen LogP contribution in [0, 0.1) is 5.82 Å². The van der Waals surface area contributed by atoms with Gasteiger partial charge in [-0.15, -0.1) is 0 Å². The zero-order chi connectivity index (χ0) is 15.5. The van der Waals surface area contributed by atoms with Crippen LogP contribution in [0.15, 0.2) is 46.9 Å². The second-order valence-corrected chi connectivity index (χ2v) is 4.77. The van der Waals surface area contributed by atoms with Crippen molar-refractivity contribution >= 4 is 17.1 Å². The van der Waals surface area contributed by atoms with E-state index in [0.717, 1.165) is 0 Å². The SMILES string of the molecule is CCOC(=O)Cc1ccc(-c2nc3ccccc3o2)cc1F. The number of hydrogen-bond donors (Lipinski definition) is 0. The quantitative estimate of drug-likeness (QED) is 0.689. The molecule has 4 nitrogen and oxygen atoms in total. The van der Waals surface area contributed by atoms with Crippen molar-refractivity contribution in [3.05, 3.63) is 53.8 Å². The molecule has 2 aromatic carbocycles.